The topological polar surface area (TPSA) is 38.7 Å². The fraction of sp³-hybridized carbons (Fsp3) is 0.176. The molecule has 0 N–H and O–H groups in total. The zero-order chi connectivity index (χ0) is 18.2. The first-order valence-electron chi connectivity index (χ1n) is 7.09. The quantitative estimate of drug-likeness (QED) is 0.662. The summed E-state index contributed by atoms with van der Waals surface area (Å²) in [6.45, 7) is 0. The van der Waals surface area contributed by atoms with Crippen molar-refractivity contribution >= 4 is 35.2 Å². The Labute approximate surface area is 151 Å². The Morgan fingerprint density at radius 3 is 2.20 bits per heavy atom. The van der Waals surface area contributed by atoms with Crippen LogP contribution in [0.25, 0.3) is 0 Å². The first-order chi connectivity index (χ1) is 11.7. The van der Waals surface area contributed by atoms with Crippen molar-refractivity contribution in [1.29, 1.82) is 0 Å². The van der Waals surface area contributed by atoms with E-state index in [-0.39, 0.29) is 21.3 Å². The maximum Gasteiger partial charge on any atom is 0.435 e. The van der Waals surface area contributed by atoms with Gasteiger partial charge in [-0.15, -0.1) is 0 Å². The van der Waals surface area contributed by atoms with Crippen LogP contribution in [0.2, 0.25) is 10.0 Å². The number of alkyl halides is 3. The smallest absolute Gasteiger partial charge is 0.374 e. The van der Waals surface area contributed by atoms with E-state index in [4.69, 9.17) is 28.0 Å². The van der Waals surface area contributed by atoms with Gasteiger partial charge in [-0.1, -0.05) is 52.6 Å². The monoisotopic (exact) mass is 387 g/mol. The van der Waals surface area contributed by atoms with Crippen LogP contribution in [0.1, 0.15) is 27.9 Å². The van der Waals surface area contributed by atoms with E-state index in [2.05, 4.69) is 5.16 Å². The number of hydrogen-bond acceptors (Lipinski definition) is 3. The van der Waals surface area contributed by atoms with Crippen LogP contribution in [0.5, 0.6) is 0 Å². The third-order valence-electron chi connectivity index (χ3n) is 3.89. The van der Waals surface area contributed by atoms with E-state index in [1.807, 2.05) is 0 Å². The minimum absolute atomic E-state index is 0.0681. The van der Waals surface area contributed by atoms with Crippen LogP contribution in [0, 0.1) is 0 Å². The van der Waals surface area contributed by atoms with Crippen molar-refractivity contribution < 1.29 is 22.8 Å². The lowest BCUT2D eigenvalue weighted by molar-refractivity contribution is -0.275. The second-order valence-corrected chi connectivity index (χ2v) is 6.40. The second-order valence-electron chi connectivity index (χ2n) is 5.53. The molecule has 1 atom stereocenters. The van der Waals surface area contributed by atoms with Gasteiger partial charge in [0, 0.05) is 27.6 Å². The second kappa shape index (κ2) is 6.35. The van der Waals surface area contributed by atoms with E-state index in [1.54, 1.807) is 0 Å². The van der Waals surface area contributed by atoms with Gasteiger partial charge in [0.2, 0.25) is 0 Å². The van der Waals surface area contributed by atoms with Crippen molar-refractivity contribution in [1.82, 2.24) is 0 Å². The van der Waals surface area contributed by atoms with Gasteiger partial charge in [0.1, 0.15) is 6.29 Å². The van der Waals surface area contributed by atoms with Gasteiger partial charge in [0.15, 0.2) is 0 Å². The third kappa shape index (κ3) is 3.24. The average molecular weight is 388 g/mol. The molecule has 0 fully saturated rings. The van der Waals surface area contributed by atoms with E-state index in [9.17, 15) is 18.0 Å². The molecule has 1 unspecified atom stereocenters. The molecule has 3 nitrogen and oxygen atoms in total. The fourth-order valence-corrected chi connectivity index (χ4v) is 3.13. The van der Waals surface area contributed by atoms with Crippen LogP contribution in [-0.2, 0) is 10.4 Å². The summed E-state index contributed by atoms with van der Waals surface area (Å²) in [6.07, 6.45) is -4.63. The van der Waals surface area contributed by atoms with Gasteiger partial charge in [0.25, 0.3) is 5.60 Å². The molecule has 0 bridgehead atoms. The van der Waals surface area contributed by atoms with Gasteiger partial charge in [-0.2, -0.15) is 13.2 Å². The van der Waals surface area contributed by atoms with Gasteiger partial charge >= 0.3 is 6.18 Å². The summed E-state index contributed by atoms with van der Waals surface area (Å²) in [5.74, 6) is 0. The number of halogens is 5. The summed E-state index contributed by atoms with van der Waals surface area (Å²) in [5, 5.41) is 3.78. The van der Waals surface area contributed by atoms with E-state index in [0.717, 1.165) is 12.1 Å². The maximum atomic E-state index is 13.8. The van der Waals surface area contributed by atoms with Gasteiger partial charge in [-0.3, -0.25) is 4.79 Å². The van der Waals surface area contributed by atoms with Crippen molar-refractivity contribution in [2.24, 2.45) is 5.16 Å². The highest BCUT2D eigenvalue weighted by Gasteiger charge is 2.62. The molecular weight excluding hydrogens is 378 g/mol. The molecule has 1 heterocycles. The van der Waals surface area contributed by atoms with Crippen molar-refractivity contribution in [2.45, 2.75) is 18.2 Å². The highest BCUT2D eigenvalue weighted by atomic mass is 35.5. The van der Waals surface area contributed by atoms with Gasteiger partial charge < -0.3 is 4.84 Å². The summed E-state index contributed by atoms with van der Waals surface area (Å²) in [7, 11) is 0. The van der Waals surface area contributed by atoms with Crippen molar-refractivity contribution in [3.63, 3.8) is 0 Å². The van der Waals surface area contributed by atoms with Crippen LogP contribution in [-0.4, -0.2) is 18.2 Å². The zero-order valence-corrected chi connectivity index (χ0v) is 14.0. The normalized spacial score (nSPS) is 20.1. The Bertz CT molecular complexity index is 830. The number of carbonyl (C=O) groups is 1. The van der Waals surface area contributed by atoms with E-state index < -0.39 is 18.2 Å². The molecule has 2 aromatic carbocycles. The predicted molar refractivity (Wildman–Crippen MR) is 88.3 cm³/mol. The molecule has 0 spiro atoms. The Balaban J connectivity index is 2.01. The van der Waals surface area contributed by atoms with Crippen LogP contribution >= 0.6 is 23.2 Å². The number of hydrogen-bond donors (Lipinski definition) is 0. The molecule has 25 heavy (non-hydrogen) atoms. The lowest BCUT2D eigenvalue weighted by Crippen LogP contribution is -2.42. The minimum Gasteiger partial charge on any atom is -0.374 e. The van der Waals surface area contributed by atoms with Crippen LogP contribution in [0.4, 0.5) is 13.2 Å². The molecule has 0 aromatic heterocycles. The number of aldehydes is 1. The van der Waals surface area contributed by atoms with E-state index in [1.165, 1.54) is 30.3 Å². The lowest BCUT2D eigenvalue weighted by Gasteiger charge is -2.29. The highest BCUT2D eigenvalue weighted by Crippen LogP contribution is 2.49. The number of carbonyl (C=O) groups excluding carboxylic acids is 1. The Morgan fingerprint density at radius 2 is 1.68 bits per heavy atom. The standard InChI is InChI=1S/C17H10Cl2F3NO2/c18-13-5-12(6-14(19)7-13)16(17(20,21)22)8-15(23-25-16)11-3-1-10(9-24)2-4-11/h1-7,9H,8H2. The number of nitrogens with zero attached hydrogens (tertiary/aromatic N) is 1. The SMILES string of the molecule is O=Cc1ccc(C2=NOC(c3cc(Cl)cc(Cl)c3)(C(F)(F)F)C2)cc1. The van der Waals surface area contributed by atoms with Crippen molar-refractivity contribution in [3.8, 4) is 0 Å². The summed E-state index contributed by atoms with van der Waals surface area (Å²) in [6, 6.07) is 9.69. The molecular formula is C17H10Cl2F3NO2. The molecule has 8 heteroatoms. The van der Waals surface area contributed by atoms with Crippen LogP contribution < -0.4 is 0 Å². The fourth-order valence-electron chi connectivity index (χ4n) is 2.60. The predicted octanol–water partition coefficient (Wildman–Crippen LogP) is 5.39. The molecule has 3 rings (SSSR count). The molecule has 0 radical (unpaired) electrons. The first kappa shape index (κ1) is 17.8. The summed E-state index contributed by atoms with van der Waals surface area (Å²) in [5.41, 5.74) is -1.93. The third-order valence-corrected chi connectivity index (χ3v) is 4.33. The number of benzene rings is 2. The van der Waals surface area contributed by atoms with Gasteiger partial charge in [-0.25, -0.2) is 0 Å². The molecule has 0 aliphatic carbocycles. The number of rotatable bonds is 3. The van der Waals surface area contributed by atoms with Gasteiger partial charge in [0.05, 0.1) is 5.71 Å². The molecule has 1 aliphatic heterocycles. The molecule has 130 valence electrons. The van der Waals surface area contributed by atoms with Gasteiger partial charge in [-0.05, 0) is 23.8 Å². The summed E-state index contributed by atoms with van der Waals surface area (Å²) < 4.78 is 41.5. The molecule has 0 amide bonds. The lowest BCUT2D eigenvalue weighted by atomic mass is 9.86. The molecule has 0 saturated carbocycles. The van der Waals surface area contributed by atoms with E-state index >= 15 is 0 Å². The van der Waals surface area contributed by atoms with Crippen LogP contribution in [0.15, 0.2) is 47.6 Å². The molecule has 2 aromatic rings. The van der Waals surface area contributed by atoms with E-state index in [0.29, 0.717) is 17.4 Å². The average Bonchev–Trinajstić information content (AvgIpc) is 3.00. The first-order valence-corrected chi connectivity index (χ1v) is 7.85. The molecule has 0 saturated heterocycles. The highest BCUT2D eigenvalue weighted by molar-refractivity contribution is 6.34. The van der Waals surface area contributed by atoms with Crippen LogP contribution in [0.3, 0.4) is 0 Å². The Hall–Kier alpha value is -2.05. The zero-order valence-electron chi connectivity index (χ0n) is 12.5. The summed E-state index contributed by atoms with van der Waals surface area (Å²) >= 11 is 11.7. The summed E-state index contributed by atoms with van der Waals surface area (Å²) in [4.78, 5) is 15.6. The largest absolute Gasteiger partial charge is 0.435 e. The molecule has 1 aliphatic rings. The van der Waals surface area contributed by atoms with Crippen molar-refractivity contribution in [3.05, 3.63) is 69.2 Å². The van der Waals surface area contributed by atoms with Crippen molar-refractivity contribution in [2.75, 3.05) is 0 Å². The minimum atomic E-state index is -4.74. The Kier molecular flexibility index (Phi) is 4.51. The maximum absolute atomic E-state index is 13.8. The Morgan fingerprint density at radius 1 is 1.08 bits per heavy atom. The number of oxime groups is 1.